The summed E-state index contributed by atoms with van der Waals surface area (Å²) in [7, 11) is 1.69. The number of nitrogens with two attached hydrogens (primary N) is 1. The number of allylic oxidation sites excluding steroid dienone is 1. The third-order valence-electron chi connectivity index (χ3n) is 3.20. The number of ether oxygens (including phenoxy) is 1. The Bertz CT molecular complexity index is 548. The summed E-state index contributed by atoms with van der Waals surface area (Å²) in [6.45, 7) is 3.74. The van der Waals surface area contributed by atoms with Gasteiger partial charge < -0.3 is 10.5 Å². The molecule has 0 bridgehead atoms. The van der Waals surface area contributed by atoms with Crippen molar-refractivity contribution in [3.8, 4) is 5.75 Å². The van der Waals surface area contributed by atoms with Gasteiger partial charge in [0.25, 0.3) is 0 Å². The third-order valence-corrected chi connectivity index (χ3v) is 3.20. The lowest BCUT2D eigenvalue weighted by Gasteiger charge is -2.17. The molecule has 0 aliphatic heterocycles. The summed E-state index contributed by atoms with van der Waals surface area (Å²) in [4.78, 5) is 0. The summed E-state index contributed by atoms with van der Waals surface area (Å²) in [5, 5.41) is 2.37. The molecule has 0 saturated heterocycles. The standard InChI is InChI=1S/C16H19NO/c1-3-4-9-14(17)16-13-8-6-5-7-12(13)10-11-15(16)18-2/h3,5-8,10-11,14H,1,4,9,17H2,2H3/t14-/m0/s1. The lowest BCUT2D eigenvalue weighted by molar-refractivity contribution is 0.405. The average Bonchev–Trinajstić information content (AvgIpc) is 2.43. The molecule has 2 N–H and O–H groups in total. The maximum atomic E-state index is 6.30. The summed E-state index contributed by atoms with van der Waals surface area (Å²) in [5.74, 6) is 0.866. The Balaban J connectivity index is 2.53. The molecule has 0 radical (unpaired) electrons. The van der Waals surface area contributed by atoms with Gasteiger partial charge >= 0.3 is 0 Å². The lowest BCUT2D eigenvalue weighted by atomic mass is 9.95. The smallest absolute Gasteiger partial charge is 0.124 e. The molecule has 0 unspecified atom stereocenters. The van der Waals surface area contributed by atoms with Gasteiger partial charge in [-0.3, -0.25) is 0 Å². The summed E-state index contributed by atoms with van der Waals surface area (Å²) >= 11 is 0. The second-order valence-electron chi connectivity index (χ2n) is 4.38. The average molecular weight is 241 g/mol. The molecule has 0 spiro atoms. The predicted octanol–water partition coefficient (Wildman–Crippen LogP) is 3.81. The highest BCUT2D eigenvalue weighted by Crippen LogP contribution is 2.33. The summed E-state index contributed by atoms with van der Waals surface area (Å²) < 4.78 is 5.45. The van der Waals surface area contributed by atoms with E-state index in [1.165, 1.54) is 10.8 Å². The van der Waals surface area contributed by atoms with Crippen molar-refractivity contribution in [1.82, 2.24) is 0 Å². The van der Waals surface area contributed by atoms with E-state index in [1.807, 2.05) is 24.3 Å². The van der Waals surface area contributed by atoms with Crippen LogP contribution in [0.5, 0.6) is 5.75 Å². The van der Waals surface area contributed by atoms with Gasteiger partial charge in [-0.15, -0.1) is 6.58 Å². The first kappa shape index (κ1) is 12.7. The Morgan fingerprint density at radius 1 is 1.28 bits per heavy atom. The van der Waals surface area contributed by atoms with Crippen molar-refractivity contribution < 1.29 is 4.74 Å². The van der Waals surface area contributed by atoms with Crippen LogP contribution in [0, 0.1) is 0 Å². The Morgan fingerprint density at radius 2 is 2.06 bits per heavy atom. The van der Waals surface area contributed by atoms with Crippen LogP contribution in [0.4, 0.5) is 0 Å². The van der Waals surface area contributed by atoms with E-state index in [4.69, 9.17) is 10.5 Å². The van der Waals surface area contributed by atoms with Gasteiger partial charge in [0, 0.05) is 11.6 Å². The van der Waals surface area contributed by atoms with Gasteiger partial charge in [0.2, 0.25) is 0 Å². The van der Waals surface area contributed by atoms with E-state index < -0.39 is 0 Å². The third kappa shape index (κ3) is 2.39. The molecule has 0 saturated carbocycles. The molecule has 0 fully saturated rings. The van der Waals surface area contributed by atoms with Crippen LogP contribution in [0.3, 0.4) is 0 Å². The summed E-state index contributed by atoms with van der Waals surface area (Å²) in [5.41, 5.74) is 7.39. The van der Waals surface area contributed by atoms with E-state index >= 15 is 0 Å². The van der Waals surface area contributed by atoms with E-state index in [0.29, 0.717) is 0 Å². The highest BCUT2D eigenvalue weighted by atomic mass is 16.5. The molecule has 0 heterocycles. The van der Waals surface area contributed by atoms with E-state index in [2.05, 4.69) is 24.8 Å². The number of rotatable bonds is 5. The van der Waals surface area contributed by atoms with Crippen LogP contribution in [0.15, 0.2) is 49.1 Å². The molecule has 2 heteroatoms. The molecule has 0 amide bonds. The second-order valence-corrected chi connectivity index (χ2v) is 4.38. The maximum Gasteiger partial charge on any atom is 0.124 e. The molecule has 94 valence electrons. The van der Waals surface area contributed by atoms with Crippen LogP contribution in [-0.2, 0) is 0 Å². The van der Waals surface area contributed by atoms with Crippen molar-refractivity contribution in [2.24, 2.45) is 5.73 Å². The van der Waals surface area contributed by atoms with Gasteiger partial charge in [0.15, 0.2) is 0 Å². The van der Waals surface area contributed by atoms with Gasteiger partial charge in [-0.05, 0) is 29.7 Å². The molecule has 2 aromatic carbocycles. The molecule has 1 atom stereocenters. The topological polar surface area (TPSA) is 35.2 Å². The Labute approximate surface area is 108 Å². The van der Waals surface area contributed by atoms with Gasteiger partial charge in [0.1, 0.15) is 5.75 Å². The number of benzene rings is 2. The Morgan fingerprint density at radius 3 is 2.78 bits per heavy atom. The quantitative estimate of drug-likeness (QED) is 0.808. The molecule has 0 aliphatic carbocycles. The van der Waals surface area contributed by atoms with Crippen LogP contribution in [0.2, 0.25) is 0 Å². The van der Waals surface area contributed by atoms with Crippen LogP contribution >= 0.6 is 0 Å². The van der Waals surface area contributed by atoms with Crippen molar-refractivity contribution in [2.45, 2.75) is 18.9 Å². The zero-order valence-electron chi connectivity index (χ0n) is 10.7. The second kappa shape index (κ2) is 5.69. The number of fused-ring (bicyclic) bond motifs is 1. The Hall–Kier alpha value is -1.80. The molecular weight excluding hydrogens is 222 g/mol. The van der Waals surface area contributed by atoms with Crippen LogP contribution < -0.4 is 10.5 Å². The fourth-order valence-electron chi connectivity index (χ4n) is 2.28. The maximum absolute atomic E-state index is 6.30. The molecule has 0 aliphatic rings. The molecule has 2 nitrogen and oxygen atoms in total. The van der Waals surface area contributed by atoms with Crippen molar-refractivity contribution in [2.75, 3.05) is 7.11 Å². The van der Waals surface area contributed by atoms with Crippen molar-refractivity contribution >= 4 is 10.8 Å². The minimum atomic E-state index is -0.0240. The first-order valence-corrected chi connectivity index (χ1v) is 6.20. The number of hydrogen-bond acceptors (Lipinski definition) is 2. The monoisotopic (exact) mass is 241 g/mol. The highest BCUT2D eigenvalue weighted by Gasteiger charge is 2.14. The van der Waals surface area contributed by atoms with E-state index in [0.717, 1.165) is 24.2 Å². The predicted molar refractivity (Wildman–Crippen MR) is 76.9 cm³/mol. The van der Waals surface area contributed by atoms with E-state index in [9.17, 15) is 0 Å². The molecule has 0 aromatic heterocycles. The highest BCUT2D eigenvalue weighted by molar-refractivity contribution is 5.88. The van der Waals surface area contributed by atoms with E-state index in [1.54, 1.807) is 7.11 Å². The van der Waals surface area contributed by atoms with Gasteiger partial charge in [-0.25, -0.2) is 0 Å². The van der Waals surface area contributed by atoms with Crippen LogP contribution in [-0.4, -0.2) is 7.11 Å². The molecule has 18 heavy (non-hydrogen) atoms. The van der Waals surface area contributed by atoms with Gasteiger partial charge in [0.05, 0.1) is 7.11 Å². The van der Waals surface area contributed by atoms with Gasteiger partial charge in [-0.1, -0.05) is 36.4 Å². The molecule has 2 rings (SSSR count). The van der Waals surface area contributed by atoms with Crippen molar-refractivity contribution in [3.63, 3.8) is 0 Å². The van der Waals surface area contributed by atoms with Gasteiger partial charge in [-0.2, -0.15) is 0 Å². The van der Waals surface area contributed by atoms with E-state index in [-0.39, 0.29) is 6.04 Å². The minimum Gasteiger partial charge on any atom is -0.496 e. The van der Waals surface area contributed by atoms with Crippen molar-refractivity contribution in [3.05, 3.63) is 54.6 Å². The normalized spacial score (nSPS) is 12.3. The van der Waals surface area contributed by atoms with Crippen LogP contribution in [0.1, 0.15) is 24.4 Å². The minimum absolute atomic E-state index is 0.0240. The SMILES string of the molecule is C=CCC[C@H](N)c1c(OC)ccc2ccccc12. The molecular formula is C16H19NO. The fourth-order valence-corrected chi connectivity index (χ4v) is 2.28. The number of hydrogen-bond donors (Lipinski definition) is 1. The first-order chi connectivity index (χ1) is 8.77. The lowest BCUT2D eigenvalue weighted by Crippen LogP contribution is -2.11. The Kier molecular flexibility index (Phi) is 4.00. The van der Waals surface area contributed by atoms with Crippen LogP contribution in [0.25, 0.3) is 10.8 Å². The van der Waals surface area contributed by atoms with Crippen molar-refractivity contribution in [1.29, 1.82) is 0 Å². The largest absolute Gasteiger partial charge is 0.496 e. The fraction of sp³-hybridized carbons (Fsp3) is 0.250. The summed E-state index contributed by atoms with van der Waals surface area (Å²) in [6, 6.07) is 12.3. The first-order valence-electron chi connectivity index (χ1n) is 6.20. The number of methoxy groups -OCH3 is 1. The molecule has 2 aromatic rings. The summed E-state index contributed by atoms with van der Waals surface area (Å²) in [6.07, 6.45) is 3.69. The zero-order chi connectivity index (χ0) is 13.0. The zero-order valence-corrected chi connectivity index (χ0v) is 10.7.